The van der Waals surface area contributed by atoms with Crippen molar-refractivity contribution >= 4 is 11.7 Å². The number of aliphatic hydroxyl groups excluding tert-OH is 1. The molecule has 3 N–H and O–H groups in total. The molecule has 1 aromatic carbocycles. The van der Waals surface area contributed by atoms with Crippen molar-refractivity contribution in [2.24, 2.45) is 0 Å². The van der Waals surface area contributed by atoms with Crippen molar-refractivity contribution in [1.82, 2.24) is 0 Å². The highest BCUT2D eigenvalue weighted by Gasteiger charge is 2.09. The summed E-state index contributed by atoms with van der Waals surface area (Å²) >= 11 is 0. The van der Waals surface area contributed by atoms with Crippen LogP contribution < -0.4 is 5.73 Å². The number of hydrogen-bond acceptors (Lipinski definition) is 4. The maximum absolute atomic E-state index is 11.5. The summed E-state index contributed by atoms with van der Waals surface area (Å²) < 4.78 is 4.86. The SMILES string of the molecule is Cc1cc(N)cc(C(=O)OCC(C)O)c1. The largest absolute Gasteiger partial charge is 0.459 e. The maximum atomic E-state index is 11.5. The molecule has 4 nitrogen and oxygen atoms in total. The van der Waals surface area contributed by atoms with Crippen molar-refractivity contribution in [1.29, 1.82) is 0 Å². The number of ether oxygens (including phenoxy) is 1. The monoisotopic (exact) mass is 209 g/mol. The van der Waals surface area contributed by atoms with Gasteiger partial charge in [-0.1, -0.05) is 0 Å². The fourth-order valence-corrected chi connectivity index (χ4v) is 1.21. The molecule has 82 valence electrons. The number of aryl methyl sites for hydroxylation is 1. The number of esters is 1. The predicted molar refractivity (Wildman–Crippen MR) is 57.6 cm³/mol. The molecule has 0 fully saturated rings. The lowest BCUT2D eigenvalue weighted by Gasteiger charge is -2.07. The van der Waals surface area contributed by atoms with Gasteiger partial charge in [-0.25, -0.2) is 4.79 Å². The van der Waals surface area contributed by atoms with Gasteiger partial charge in [-0.05, 0) is 37.6 Å². The van der Waals surface area contributed by atoms with Gasteiger partial charge in [0, 0.05) is 5.69 Å². The fourth-order valence-electron chi connectivity index (χ4n) is 1.21. The molecule has 0 aliphatic rings. The van der Waals surface area contributed by atoms with Gasteiger partial charge < -0.3 is 15.6 Å². The first kappa shape index (κ1) is 11.5. The van der Waals surface area contributed by atoms with Gasteiger partial charge in [-0.3, -0.25) is 0 Å². The van der Waals surface area contributed by atoms with Gasteiger partial charge in [0.1, 0.15) is 6.61 Å². The molecule has 1 unspecified atom stereocenters. The summed E-state index contributed by atoms with van der Waals surface area (Å²) in [7, 11) is 0. The average molecular weight is 209 g/mol. The molecule has 1 aromatic rings. The Morgan fingerprint density at radius 2 is 2.20 bits per heavy atom. The highest BCUT2D eigenvalue weighted by atomic mass is 16.5. The van der Waals surface area contributed by atoms with Gasteiger partial charge in [0.2, 0.25) is 0 Å². The second-order valence-electron chi connectivity index (χ2n) is 3.58. The van der Waals surface area contributed by atoms with Crippen LogP contribution in [0.3, 0.4) is 0 Å². The molecule has 0 aliphatic carbocycles. The van der Waals surface area contributed by atoms with Crippen molar-refractivity contribution in [2.75, 3.05) is 12.3 Å². The van der Waals surface area contributed by atoms with E-state index in [4.69, 9.17) is 15.6 Å². The second kappa shape index (κ2) is 4.79. The molecule has 1 rings (SSSR count). The zero-order valence-electron chi connectivity index (χ0n) is 8.86. The second-order valence-corrected chi connectivity index (χ2v) is 3.58. The van der Waals surface area contributed by atoms with Crippen LogP contribution in [0.15, 0.2) is 18.2 Å². The van der Waals surface area contributed by atoms with Crippen molar-refractivity contribution in [3.8, 4) is 0 Å². The summed E-state index contributed by atoms with van der Waals surface area (Å²) in [5.74, 6) is -0.466. The van der Waals surface area contributed by atoms with Crippen LogP contribution in [0.2, 0.25) is 0 Å². The van der Waals surface area contributed by atoms with Crippen LogP contribution in [-0.2, 0) is 4.74 Å². The van der Waals surface area contributed by atoms with Gasteiger partial charge in [-0.15, -0.1) is 0 Å². The van der Waals surface area contributed by atoms with Crippen LogP contribution in [0.25, 0.3) is 0 Å². The molecular weight excluding hydrogens is 194 g/mol. The predicted octanol–water partition coefficient (Wildman–Crippen LogP) is 1.11. The zero-order chi connectivity index (χ0) is 11.4. The minimum Gasteiger partial charge on any atom is -0.459 e. The van der Waals surface area contributed by atoms with E-state index in [-0.39, 0.29) is 6.61 Å². The lowest BCUT2D eigenvalue weighted by Crippen LogP contribution is -2.15. The Morgan fingerprint density at radius 1 is 1.53 bits per heavy atom. The summed E-state index contributed by atoms with van der Waals surface area (Å²) in [5.41, 5.74) is 7.44. The Labute approximate surface area is 88.7 Å². The molecule has 0 aliphatic heterocycles. The Balaban J connectivity index is 2.73. The fraction of sp³-hybridized carbons (Fsp3) is 0.364. The standard InChI is InChI=1S/C11H15NO3/c1-7-3-9(5-10(12)4-7)11(14)15-6-8(2)13/h3-5,8,13H,6,12H2,1-2H3. The number of aliphatic hydroxyl groups is 1. The minimum absolute atomic E-state index is 0.00726. The summed E-state index contributed by atoms with van der Waals surface area (Å²) in [6.07, 6.45) is -0.656. The van der Waals surface area contributed by atoms with Crippen molar-refractivity contribution < 1.29 is 14.6 Å². The first-order chi connectivity index (χ1) is 6.99. The first-order valence-corrected chi connectivity index (χ1v) is 4.71. The third-order valence-corrected chi connectivity index (χ3v) is 1.79. The summed E-state index contributed by atoms with van der Waals surface area (Å²) in [5, 5.41) is 8.96. The average Bonchev–Trinajstić information content (AvgIpc) is 2.12. The van der Waals surface area contributed by atoms with Gasteiger partial charge in [-0.2, -0.15) is 0 Å². The van der Waals surface area contributed by atoms with E-state index < -0.39 is 12.1 Å². The Bertz CT molecular complexity index is 341. The van der Waals surface area contributed by atoms with E-state index in [1.807, 2.05) is 6.92 Å². The van der Waals surface area contributed by atoms with Crippen LogP contribution in [-0.4, -0.2) is 23.8 Å². The number of rotatable bonds is 3. The summed E-state index contributed by atoms with van der Waals surface area (Å²) in [6, 6.07) is 5.02. The summed E-state index contributed by atoms with van der Waals surface area (Å²) in [4.78, 5) is 11.5. The number of anilines is 1. The number of benzene rings is 1. The molecule has 0 spiro atoms. The number of carbonyl (C=O) groups is 1. The molecule has 0 aromatic heterocycles. The van der Waals surface area contributed by atoms with E-state index in [0.29, 0.717) is 11.3 Å². The Morgan fingerprint density at radius 3 is 2.73 bits per heavy atom. The van der Waals surface area contributed by atoms with E-state index >= 15 is 0 Å². The van der Waals surface area contributed by atoms with Crippen LogP contribution in [0.4, 0.5) is 5.69 Å². The molecule has 1 atom stereocenters. The molecule has 0 saturated carbocycles. The normalized spacial score (nSPS) is 12.2. The number of hydrogen-bond donors (Lipinski definition) is 2. The lowest BCUT2D eigenvalue weighted by atomic mass is 10.1. The van der Waals surface area contributed by atoms with E-state index in [9.17, 15) is 4.79 Å². The summed E-state index contributed by atoms with van der Waals surface area (Å²) in [6.45, 7) is 3.40. The highest BCUT2D eigenvalue weighted by Crippen LogP contribution is 2.12. The van der Waals surface area contributed by atoms with Gasteiger partial charge in [0.05, 0.1) is 11.7 Å². The number of nitrogens with two attached hydrogens (primary N) is 1. The molecular formula is C11H15NO3. The van der Waals surface area contributed by atoms with E-state index in [0.717, 1.165) is 5.56 Å². The van der Waals surface area contributed by atoms with Crippen molar-refractivity contribution in [2.45, 2.75) is 20.0 Å². The quantitative estimate of drug-likeness (QED) is 0.578. The van der Waals surface area contributed by atoms with Crippen LogP contribution in [0.1, 0.15) is 22.8 Å². The molecule has 0 bridgehead atoms. The number of nitrogen functional groups attached to an aromatic ring is 1. The van der Waals surface area contributed by atoms with Crippen LogP contribution >= 0.6 is 0 Å². The molecule has 4 heteroatoms. The third-order valence-electron chi connectivity index (χ3n) is 1.79. The minimum atomic E-state index is -0.656. The van der Waals surface area contributed by atoms with Gasteiger partial charge in [0.15, 0.2) is 0 Å². The molecule has 0 saturated heterocycles. The Hall–Kier alpha value is -1.55. The van der Waals surface area contributed by atoms with E-state index in [2.05, 4.69) is 0 Å². The highest BCUT2D eigenvalue weighted by molar-refractivity contribution is 5.90. The van der Waals surface area contributed by atoms with Crippen molar-refractivity contribution in [3.05, 3.63) is 29.3 Å². The maximum Gasteiger partial charge on any atom is 0.338 e. The smallest absolute Gasteiger partial charge is 0.338 e. The molecule has 0 amide bonds. The van der Waals surface area contributed by atoms with Crippen LogP contribution in [0.5, 0.6) is 0 Å². The van der Waals surface area contributed by atoms with Crippen LogP contribution in [0, 0.1) is 6.92 Å². The first-order valence-electron chi connectivity index (χ1n) is 4.71. The molecule has 0 heterocycles. The molecule has 0 radical (unpaired) electrons. The Kier molecular flexibility index (Phi) is 3.68. The molecule has 15 heavy (non-hydrogen) atoms. The van der Waals surface area contributed by atoms with Crippen molar-refractivity contribution in [3.63, 3.8) is 0 Å². The zero-order valence-corrected chi connectivity index (χ0v) is 8.86. The third kappa shape index (κ3) is 3.59. The van der Waals surface area contributed by atoms with Gasteiger partial charge >= 0.3 is 5.97 Å². The van der Waals surface area contributed by atoms with E-state index in [1.165, 1.54) is 0 Å². The van der Waals surface area contributed by atoms with E-state index in [1.54, 1.807) is 25.1 Å². The lowest BCUT2D eigenvalue weighted by molar-refractivity contribution is 0.0296. The topological polar surface area (TPSA) is 72.6 Å². The van der Waals surface area contributed by atoms with Gasteiger partial charge in [0.25, 0.3) is 0 Å². The number of carbonyl (C=O) groups excluding carboxylic acids is 1.